The number of aromatic nitrogens is 2. The molecule has 28 heavy (non-hydrogen) atoms. The molecule has 2 amide bonds. The molecular weight excluding hydrogens is 356 g/mol. The number of pyridine rings is 2. The zero-order valence-electron chi connectivity index (χ0n) is 15.2. The minimum Gasteiger partial charge on any atom is -0.348 e. The molecule has 0 unspecified atom stereocenters. The number of nitrogens with one attached hydrogen (secondary N) is 2. The molecule has 0 atom stereocenters. The summed E-state index contributed by atoms with van der Waals surface area (Å²) in [6.45, 7) is 1.82. The first-order valence-electron chi connectivity index (χ1n) is 8.57. The van der Waals surface area contributed by atoms with Crippen molar-refractivity contribution in [3.8, 4) is 0 Å². The van der Waals surface area contributed by atoms with E-state index in [4.69, 9.17) is 0 Å². The second kappa shape index (κ2) is 8.68. The molecule has 7 heteroatoms. The smallest absolute Gasteiger partial charge is 0.257 e. The number of carbonyl (C=O) groups is 3. The van der Waals surface area contributed by atoms with Gasteiger partial charge in [-0.15, -0.1) is 0 Å². The highest BCUT2D eigenvalue weighted by Gasteiger charge is 2.12. The summed E-state index contributed by atoms with van der Waals surface area (Å²) < 4.78 is 0. The van der Waals surface area contributed by atoms with Crippen LogP contribution in [0.2, 0.25) is 0 Å². The van der Waals surface area contributed by atoms with Crippen LogP contribution in [0.5, 0.6) is 0 Å². The Hall–Kier alpha value is -3.87. The highest BCUT2D eigenvalue weighted by Crippen LogP contribution is 2.12. The van der Waals surface area contributed by atoms with Gasteiger partial charge >= 0.3 is 0 Å². The van der Waals surface area contributed by atoms with Crippen molar-refractivity contribution in [1.82, 2.24) is 15.3 Å². The van der Waals surface area contributed by atoms with Crippen LogP contribution in [0.25, 0.3) is 0 Å². The summed E-state index contributed by atoms with van der Waals surface area (Å²) in [4.78, 5) is 44.0. The standard InChI is InChI=1S/C21H18N4O3/c1-14(26)16-2-4-19(5-3-16)25-21(28)18-10-17(12-23-13-18)20(27)24-11-15-6-8-22-9-7-15/h2-10,12-13H,11H2,1H3,(H,24,27)(H,25,28). The molecule has 0 bridgehead atoms. The molecule has 0 aliphatic carbocycles. The Morgan fingerprint density at radius 3 is 2.11 bits per heavy atom. The van der Waals surface area contributed by atoms with Gasteiger partial charge in [0.2, 0.25) is 0 Å². The quantitative estimate of drug-likeness (QED) is 0.646. The van der Waals surface area contributed by atoms with Gasteiger partial charge in [0.25, 0.3) is 11.8 Å². The van der Waals surface area contributed by atoms with Crippen LogP contribution >= 0.6 is 0 Å². The van der Waals surface area contributed by atoms with E-state index < -0.39 is 5.91 Å². The van der Waals surface area contributed by atoms with E-state index in [0.717, 1.165) is 5.56 Å². The van der Waals surface area contributed by atoms with E-state index in [1.54, 1.807) is 48.8 Å². The van der Waals surface area contributed by atoms with Crippen LogP contribution in [0.3, 0.4) is 0 Å². The fourth-order valence-electron chi connectivity index (χ4n) is 2.46. The van der Waals surface area contributed by atoms with Gasteiger partial charge in [-0.25, -0.2) is 0 Å². The number of rotatable bonds is 6. The van der Waals surface area contributed by atoms with Crippen LogP contribution in [-0.4, -0.2) is 27.6 Å². The van der Waals surface area contributed by atoms with Crippen LogP contribution in [0.4, 0.5) is 5.69 Å². The predicted octanol–water partition coefficient (Wildman–Crippen LogP) is 2.86. The Morgan fingerprint density at radius 2 is 1.46 bits per heavy atom. The molecule has 3 aromatic rings. The first-order valence-corrected chi connectivity index (χ1v) is 8.57. The SMILES string of the molecule is CC(=O)c1ccc(NC(=O)c2cncc(C(=O)NCc3ccncc3)c2)cc1. The van der Waals surface area contributed by atoms with Crippen molar-refractivity contribution in [3.63, 3.8) is 0 Å². The molecule has 2 aromatic heterocycles. The van der Waals surface area contributed by atoms with Crippen LogP contribution < -0.4 is 10.6 Å². The van der Waals surface area contributed by atoms with E-state index in [9.17, 15) is 14.4 Å². The van der Waals surface area contributed by atoms with Gasteiger partial charge in [0.1, 0.15) is 0 Å². The summed E-state index contributed by atoms with van der Waals surface area (Å²) in [5, 5.41) is 5.50. The molecule has 0 saturated heterocycles. The molecule has 0 saturated carbocycles. The topological polar surface area (TPSA) is 101 Å². The van der Waals surface area contributed by atoms with Crippen molar-refractivity contribution in [3.05, 3.63) is 89.5 Å². The average Bonchev–Trinajstić information content (AvgIpc) is 2.73. The highest BCUT2D eigenvalue weighted by atomic mass is 16.2. The Morgan fingerprint density at radius 1 is 0.821 bits per heavy atom. The van der Waals surface area contributed by atoms with Crippen molar-refractivity contribution >= 4 is 23.3 Å². The van der Waals surface area contributed by atoms with Crippen molar-refractivity contribution < 1.29 is 14.4 Å². The summed E-state index contributed by atoms with van der Waals surface area (Å²) in [5.74, 6) is -0.774. The summed E-state index contributed by atoms with van der Waals surface area (Å²) >= 11 is 0. The summed E-state index contributed by atoms with van der Waals surface area (Å²) in [6.07, 6.45) is 6.09. The Kier molecular flexibility index (Phi) is 5.86. The lowest BCUT2D eigenvalue weighted by atomic mass is 10.1. The minimum absolute atomic E-state index is 0.0486. The normalized spacial score (nSPS) is 10.2. The van der Waals surface area contributed by atoms with Crippen molar-refractivity contribution in [2.24, 2.45) is 0 Å². The van der Waals surface area contributed by atoms with Crippen LogP contribution in [0, 0.1) is 0 Å². The molecule has 0 fully saturated rings. The molecule has 2 heterocycles. The van der Waals surface area contributed by atoms with E-state index in [0.29, 0.717) is 17.8 Å². The number of hydrogen-bond acceptors (Lipinski definition) is 5. The highest BCUT2D eigenvalue weighted by molar-refractivity contribution is 6.06. The van der Waals surface area contributed by atoms with Crippen molar-refractivity contribution in [2.45, 2.75) is 13.5 Å². The third kappa shape index (κ3) is 4.85. The molecule has 7 nitrogen and oxygen atoms in total. The van der Waals surface area contributed by atoms with Crippen molar-refractivity contribution in [1.29, 1.82) is 0 Å². The van der Waals surface area contributed by atoms with E-state index >= 15 is 0 Å². The number of amides is 2. The zero-order chi connectivity index (χ0) is 19.9. The van der Waals surface area contributed by atoms with E-state index in [1.165, 1.54) is 25.4 Å². The monoisotopic (exact) mass is 374 g/mol. The second-order valence-electron chi connectivity index (χ2n) is 6.09. The molecular formula is C21H18N4O3. The third-order valence-electron chi connectivity index (χ3n) is 4.01. The number of nitrogens with zero attached hydrogens (tertiary/aromatic N) is 2. The maximum absolute atomic E-state index is 12.4. The number of benzene rings is 1. The lowest BCUT2D eigenvalue weighted by Gasteiger charge is -2.08. The number of Topliss-reactive ketones (excluding diaryl/α,β-unsaturated/α-hetero) is 1. The largest absolute Gasteiger partial charge is 0.348 e. The molecule has 0 radical (unpaired) electrons. The third-order valence-corrected chi connectivity index (χ3v) is 4.01. The summed E-state index contributed by atoms with van der Waals surface area (Å²) in [7, 11) is 0. The molecule has 140 valence electrons. The zero-order valence-corrected chi connectivity index (χ0v) is 15.2. The van der Waals surface area contributed by atoms with Gasteiger partial charge in [-0.2, -0.15) is 0 Å². The molecule has 2 N–H and O–H groups in total. The van der Waals surface area contributed by atoms with E-state index in [2.05, 4.69) is 20.6 Å². The molecule has 0 aliphatic rings. The lowest BCUT2D eigenvalue weighted by molar-refractivity contribution is 0.0949. The first kappa shape index (κ1) is 18.9. The van der Waals surface area contributed by atoms with Gasteiger partial charge in [0.15, 0.2) is 5.78 Å². The van der Waals surface area contributed by atoms with Gasteiger partial charge in [0, 0.05) is 42.6 Å². The van der Waals surface area contributed by atoms with Crippen LogP contribution in [0.1, 0.15) is 43.6 Å². The average molecular weight is 374 g/mol. The molecule has 3 rings (SSSR count). The second-order valence-corrected chi connectivity index (χ2v) is 6.09. The van der Waals surface area contributed by atoms with E-state index in [-0.39, 0.29) is 22.8 Å². The van der Waals surface area contributed by atoms with Crippen molar-refractivity contribution in [2.75, 3.05) is 5.32 Å². The van der Waals surface area contributed by atoms with Gasteiger partial charge in [0.05, 0.1) is 11.1 Å². The maximum Gasteiger partial charge on any atom is 0.257 e. The van der Waals surface area contributed by atoms with Crippen LogP contribution in [0.15, 0.2) is 67.3 Å². The number of hydrogen-bond donors (Lipinski definition) is 2. The molecule has 0 spiro atoms. The Labute approximate surface area is 161 Å². The van der Waals surface area contributed by atoms with Gasteiger partial charge in [-0.05, 0) is 55.0 Å². The summed E-state index contributed by atoms with van der Waals surface area (Å²) in [6, 6.07) is 11.7. The number of carbonyl (C=O) groups excluding carboxylic acids is 3. The predicted molar refractivity (Wildman–Crippen MR) is 104 cm³/mol. The minimum atomic E-state index is -0.396. The first-order chi connectivity index (χ1) is 13.5. The van der Waals surface area contributed by atoms with Gasteiger partial charge in [-0.1, -0.05) is 0 Å². The fourth-order valence-corrected chi connectivity index (χ4v) is 2.46. The Bertz CT molecular complexity index is 1000. The number of ketones is 1. The molecule has 1 aromatic carbocycles. The Balaban J connectivity index is 1.65. The van der Waals surface area contributed by atoms with Gasteiger partial charge < -0.3 is 10.6 Å². The van der Waals surface area contributed by atoms with Crippen LogP contribution in [-0.2, 0) is 6.54 Å². The lowest BCUT2D eigenvalue weighted by Crippen LogP contribution is -2.23. The molecule has 0 aliphatic heterocycles. The van der Waals surface area contributed by atoms with E-state index in [1.807, 2.05) is 0 Å². The fraction of sp³-hybridized carbons (Fsp3) is 0.0952. The maximum atomic E-state index is 12.4. The number of anilines is 1. The summed E-state index contributed by atoms with van der Waals surface area (Å²) in [5.41, 5.74) is 2.56. The van der Waals surface area contributed by atoms with Gasteiger partial charge in [-0.3, -0.25) is 24.4 Å².